The first-order valence-corrected chi connectivity index (χ1v) is 9.41. The highest BCUT2D eigenvalue weighted by Gasteiger charge is 2.09. The average molecular weight is 413 g/mol. The van der Waals surface area contributed by atoms with Crippen molar-refractivity contribution in [2.24, 2.45) is 5.10 Å². The van der Waals surface area contributed by atoms with E-state index < -0.39 is 0 Å². The van der Waals surface area contributed by atoms with Crippen molar-refractivity contribution in [1.29, 1.82) is 0 Å². The SMILES string of the molecule is S=c1[nH]nc(Cc2cccc3ccccc23)n1N=Cc1c(Cl)cccc1Cl. The number of halogens is 2. The lowest BCUT2D eigenvalue weighted by Gasteiger charge is -2.06. The number of nitrogens with one attached hydrogen (secondary N) is 1. The molecule has 134 valence electrons. The molecular formula is C20H14Cl2N4S. The maximum atomic E-state index is 6.21. The third-order valence-electron chi connectivity index (χ3n) is 4.25. The molecule has 0 saturated carbocycles. The number of hydrogen-bond donors (Lipinski definition) is 1. The molecule has 0 aliphatic heterocycles. The zero-order chi connectivity index (χ0) is 18.8. The van der Waals surface area contributed by atoms with Crippen molar-refractivity contribution in [2.75, 3.05) is 0 Å². The number of fused-ring (bicyclic) bond motifs is 1. The molecule has 0 amide bonds. The number of aromatic amines is 1. The molecule has 0 spiro atoms. The van der Waals surface area contributed by atoms with Crippen LogP contribution >= 0.6 is 35.4 Å². The van der Waals surface area contributed by atoms with Crippen molar-refractivity contribution in [3.05, 3.63) is 92.4 Å². The highest BCUT2D eigenvalue weighted by Crippen LogP contribution is 2.23. The monoisotopic (exact) mass is 412 g/mol. The summed E-state index contributed by atoms with van der Waals surface area (Å²) in [5.74, 6) is 0.704. The third-order valence-corrected chi connectivity index (χ3v) is 5.17. The van der Waals surface area contributed by atoms with E-state index in [1.807, 2.05) is 18.2 Å². The first-order chi connectivity index (χ1) is 13.1. The number of nitrogens with zero attached hydrogens (tertiary/aromatic N) is 3. The molecule has 3 aromatic carbocycles. The first kappa shape index (κ1) is 17.9. The van der Waals surface area contributed by atoms with Crippen molar-refractivity contribution in [3.63, 3.8) is 0 Å². The normalized spacial score (nSPS) is 11.5. The average Bonchev–Trinajstić information content (AvgIpc) is 3.01. The molecule has 0 aliphatic carbocycles. The lowest BCUT2D eigenvalue weighted by molar-refractivity contribution is 0.793. The Morgan fingerprint density at radius 3 is 2.52 bits per heavy atom. The molecule has 0 radical (unpaired) electrons. The van der Waals surface area contributed by atoms with Gasteiger partial charge in [-0.1, -0.05) is 71.7 Å². The number of benzene rings is 3. The predicted molar refractivity (Wildman–Crippen MR) is 114 cm³/mol. The molecule has 4 nitrogen and oxygen atoms in total. The molecule has 0 saturated heterocycles. The van der Waals surface area contributed by atoms with Crippen molar-refractivity contribution in [1.82, 2.24) is 14.9 Å². The van der Waals surface area contributed by atoms with Crippen LogP contribution in [0.25, 0.3) is 10.8 Å². The van der Waals surface area contributed by atoms with Crippen LogP contribution in [0.4, 0.5) is 0 Å². The quantitative estimate of drug-likeness (QED) is 0.336. The fourth-order valence-electron chi connectivity index (χ4n) is 2.92. The number of H-pyrrole nitrogens is 1. The molecule has 27 heavy (non-hydrogen) atoms. The Morgan fingerprint density at radius 1 is 1.00 bits per heavy atom. The summed E-state index contributed by atoms with van der Waals surface area (Å²) in [6.45, 7) is 0. The maximum Gasteiger partial charge on any atom is 0.216 e. The lowest BCUT2D eigenvalue weighted by atomic mass is 10.0. The number of rotatable bonds is 4. The Hall–Kier alpha value is -2.47. The second-order valence-corrected chi connectivity index (χ2v) is 7.15. The van der Waals surface area contributed by atoms with Gasteiger partial charge in [-0.2, -0.15) is 14.9 Å². The molecule has 0 atom stereocenters. The minimum Gasteiger partial charge on any atom is -0.250 e. The fraction of sp³-hybridized carbons (Fsp3) is 0.0500. The molecule has 7 heteroatoms. The largest absolute Gasteiger partial charge is 0.250 e. The summed E-state index contributed by atoms with van der Waals surface area (Å²) in [7, 11) is 0. The second-order valence-electron chi connectivity index (χ2n) is 5.95. The zero-order valence-corrected chi connectivity index (χ0v) is 16.4. The summed E-state index contributed by atoms with van der Waals surface area (Å²) in [6.07, 6.45) is 2.19. The van der Waals surface area contributed by atoms with Gasteiger partial charge in [-0.25, -0.2) is 0 Å². The number of hydrogen-bond acceptors (Lipinski definition) is 3. The van der Waals surface area contributed by atoms with Gasteiger partial charge in [0.15, 0.2) is 5.82 Å². The Labute approximate surface area is 171 Å². The van der Waals surface area contributed by atoms with Gasteiger partial charge in [0.05, 0.1) is 16.3 Å². The van der Waals surface area contributed by atoms with Gasteiger partial charge in [0.25, 0.3) is 0 Å². The summed E-state index contributed by atoms with van der Waals surface area (Å²) in [5.41, 5.74) is 1.79. The van der Waals surface area contributed by atoms with Crippen molar-refractivity contribution < 1.29 is 0 Å². The van der Waals surface area contributed by atoms with E-state index in [2.05, 4.69) is 39.6 Å². The Kier molecular flexibility index (Phi) is 5.07. The van der Waals surface area contributed by atoms with Crippen LogP contribution in [-0.2, 0) is 6.42 Å². The summed E-state index contributed by atoms with van der Waals surface area (Å²) < 4.78 is 2.00. The highest BCUT2D eigenvalue weighted by atomic mass is 35.5. The van der Waals surface area contributed by atoms with Crippen LogP contribution in [0.15, 0.2) is 65.8 Å². The van der Waals surface area contributed by atoms with E-state index in [4.69, 9.17) is 35.4 Å². The molecular weight excluding hydrogens is 399 g/mol. The molecule has 0 bridgehead atoms. The Morgan fingerprint density at radius 2 is 1.70 bits per heavy atom. The van der Waals surface area contributed by atoms with E-state index >= 15 is 0 Å². The molecule has 0 fully saturated rings. The molecule has 4 aromatic rings. The van der Waals surface area contributed by atoms with E-state index in [-0.39, 0.29) is 0 Å². The molecule has 0 unspecified atom stereocenters. The predicted octanol–water partition coefficient (Wildman–Crippen LogP) is 5.87. The smallest absolute Gasteiger partial charge is 0.216 e. The third kappa shape index (κ3) is 3.67. The van der Waals surface area contributed by atoms with Gasteiger partial charge in [0, 0.05) is 12.0 Å². The standard InChI is InChI=1S/C20H14Cl2N4S/c21-17-9-4-10-18(22)16(17)12-23-26-19(24-25-20(26)27)11-14-7-3-6-13-5-1-2-8-15(13)14/h1-10,12H,11H2,(H,25,27). The van der Waals surface area contributed by atoms with Gasteiger partial charge in [0.1, 0.15) is 0 Å². The Bertz CT molecular complexity index is 1180. The first-order valence-electron chi connectivity index (χ1n) is 8.25. The van der Waals surface area contributed by atoms with Crippen LogP contribution < -0.4 is 0 Å². The summed E-state index contributed by atoms with van der Waals surface area (Å²) >= 11 is 17.8. The van der Waals surface area contributed by atoms with Gasteiger partial charge in [-0.15, -0.1) is 0 Å². The van der Waals surface area contributed by atoms with E-state index in [1.165, 1.54) is 10.8 Å². The van der Waals surface area contributed by atoms with Crippen LogP contribution in [0.1, 0.15) is 17.0 Å². The van der Waals surface area contributed by atoms with Gasteiger partial charge >= 0.3 is 0 Å². The van der Waals surface area contributed by atoms with Crippen molar-refractivity contribution >= 4 is 52.4 Å². The topological polar surface area (TPSA) is 46.0 Å². The van der Waals surface area contributed by atoms with Gasteiger partial charge in [0.2, 0.25) is 4.77 Å². The van der Waals surface area contributed by atoms with Crippen LogP contribution in [0.5, 0.6) is 0 Å². The minimum atomic E-state index is 0.407. The van der Waals surface area contributed by atoms with E-state index in [0.29, 0.717) is 32.6 Å². The molecule has 1 aromatic heterocycles. The van der Waals surface area contributed by atoms with Crippen LogP contribution in [0.3, 0.4) is 0 Å². The summed E-state index contributed by atoms with van der Waals surface area (Å²) in [6, 6.07) is 19.8. The summed E-state index contributed by atoms with van der Waals surface area (Å²) in [5, 5.41) is 15.0. The lowest BCUT2D eigenvalue weighted by Crippen LogP contribution is -2.01. The molecule has 0 aliphatic rings. The van der Waals surface area contributed by atoms with Gasteiger partial charge in [-0.05, 0) is 40.7 Å². The van der Waals surface area contributed by atoms with Crippen molar-refractivity contribution in [2.45, 2.75) is 6.42 Å². The van der Waals surface area contributed by atoms with E-state index in [9.17, 15) is 0 Å². The zero-order valence-electron chi connectivity index (χ0n) is 14.1. The maximum absolute atomic E-state index is 6.21. The summed E-state index contributed by atoms with van der Waals surface area (Å²) in [4.78, 5) is 0. The Balaban J connectivity index is 1.72. The van der Waals surface area contributed by atoms with E-state index in [0.717, 1.165) is 5.56 Å². The van der Waals surface area contributed by atoms with E-state index in [1.54, 1.807) is 29.1 Å². The van der Waals surface area contributed by atoms with Gasteiger partial charge in [-0.3, -0.25) is 5.10 Å². The van der Waals surface area contributed by atoms with Crippen LogP contribution in [0.2, 0.25) is 10.0 Å². The minimum absolute atomic E-state index is 0.407. The second kappa shape index (κ2) is 7.64. The van der Waals surface area contributed by atoms with Gasteiger partial charge < -0.3 is 0 Å². The number of aromatic nitrogens is 3. The van der Waals surface area contributed by atoms with Crippen LogP contribution in [0, 0.1) is 4.77 Å². The molecule has 1 heterocycles. The highest BCUT2D eigenvalue weighted by molar-refractivity contribution is 7.71. The fourth-order valence-corrected chi connectivity index (χ4v) is 3.62. The van der Waals surface area contributed by atoms with Crippen molar-refractivity contribution in [3.8, 4) is 0 Å². The van der Waals surface area contributed by atoms with Crippen LogP contribution in [-0.4, -0.2) is 21.1 Å². The molecule has 4 rings (SSSR count). The molecule has 1 N–H and O–H groups in total.